The summed E-state index contributed by atoms with van der Waals surface area (Å²) in [6.07, 6.45) is 0.913. The maximum atomic E-state index is 15.4. The summed E-state index contributed by atoms with van der Waals surface area (Å²) < 4.78 is 50.3. The number of halogens is 1. The van der Waals surface area contributed by atoms with Crippen LogP contribution in [-0.2, 0) is 14.1 Å². The SMILES string of the molecule is [2H]C([2H])([2H])N(C(C)=O)C1CCN(c2cccc(B3OC(C)(C)C(C)(C)O3)c2F)CC1. The molecule has 0 saturated carbocycles. The van der Waals surface area contributed by atoms with Gasteiger partial charge in [0.1, 0.15) is 5.82 Å². The molecule has 0 aromatic heterocycles. The first-order valence-corrected chi connectivity index (χ1v) is 9.43. The number of amides is 1. The first-order chi connectivity index (χ1) is 13.7. The second kappa shape index (κ2) is 7.10. The lowest BCUT2D eigenvalue weighted by Gasteiger charge is -2.37. The summed E-state index contributed by atoms with van der Waals surface area (Å²) in [4.78, 5) is 14.7. The van der Waals surface area contributed by atoms with E-state index in [4.69, 9.17) is 13.4 Å². The van der Waals surface area contributed by atoms with Gasteiger partial charge < -0.3 is 19.1 Å². The number of benzene rings is 1. The molecule has 2 fully saturated rings. The summed E-state index contributed by atoms with van der Waals surface area (Å²) >= 11 is 0. The molecule has 0 bridgehead atoms. The van der Waals surface area contributed by atoms with E-state index in [0.29, 0.717) is 37.1 Å². The van der Waals surface area contributed by atoms with Crippen LogP contribution < -0.4 is 10.4 Å². The van der Waals surface area contributed by atoms with Gasteiger partial charge in [-0.2, -0.15) is 0 Å². The summed E-state index contributed by atoms with van der Waals surface area (Å²) in [6.45, 7) is 7.39. The van der Waals surface area contributed by atoms with Crippen molar-refractivity contribution in [3.63, 3.8) is 0 Å². The molecule has 0 unspecified atom stereocenters. The standard InChI is InChI=1S/C20H30BFN2O3/c1-14(25)23(6)15-10-12-24(13-11-15)17-9-7-8-16(18(17)22)21-26-19(2,3)20(4,5)27-21/h7-9,15H,10-13H2,1-6H3/i6D3. The number of hydrogen-bond acceptors (Lipinski definition) is 4. The Balaban J connectivity index is 1.76. The van der Waals surface area contributed by atoms with Gasteiger partial charge in [0, 0.05) is 42.6 Å². The van der Waals surface area contributed by atoms with Gasteiger partial charge in [-0.15, -0.1) is 0 Å². The van der Waals surface area contributed by atoms with Crippen LogP contribution in [0.1, 0.15) is 51.6 Å². The van der Waals surface area contributed by atoms with Crippen molar-refractivity contribution in [2.75, 3.05) is 25.0 Å². The Labute approximate surface area is 166 Å². The third kappa shape index (κ3) is 3.72. The van der Waals surface area contributed by atoms with Crippen LogP contribution in [0.15, 0.2) is 18.2 Å². The molecule has 2 aliphatic rings. The number of hydrogen-bond donors (Lipinski definition) is 0. The Kier molecular flexibility index (Phi) is 4.30. The van der Waals surface area contributed by atoms with Crippen LogP contribution in [0, 0.1) is 5.82 Å². The van der Waals surface area contributed by atoms with Crippen LogP contribution in [0.4, 0.5) is 10.1 Å². The highest BCUT2D eigenvalue weighted by Crippen LogP contribution is 2.37. The van der Waals surface area contributed by atoms with Gasteiger partial charge in [-0.3, -0.25) is 4.79 Å². The average Bonchev–Trinajstić information content (AvgIpc) is 2.82. The van der Waals surface area contributed by atoms with E-state index in [2.05, 4.69) is 0 Å². The zero-order chi connectivity index (χ0) is 22.5. The lowest BCUT2D eigenvalue weighted by atomic mass is 9.78. The molecule has 148 valence electrons. The number of anilines is 1. The van der Waals surface area contributed by atoms with Crippen LogP contribution in [0.5, 0.6) is 0 Å². The number of carbonyl (C=O) groups is 1. The smallest absolute Gasteiger partial charge is 0.399 e. The van der Waals surface area contributed by atoms with E-state index < -0.39 is 37.0 Å². The van der Waals surface area contributed by atoms with Crippen molar-refractivity contribution in [1.29, 1.82) is 0 Å². The predicted molar refractivity (Wildman–Crippen MR) is 106 cm³/mol. The zero-order valence-corrected chi connectivity index (χ0v) is 16.7. The molecular weight excluding hydrogens is 346 g/mol. The lowest BCUT2D eigenvalue weighted by Crippen LogP contribution is -2.46. The fourth-order valence-corrected chi connectivity index (χ4v) is 3.56. The molecule has 1 aromatic rings. The Morgan fingerprint density at radius 2 is 1.85 bits per heavy atom. The van der Waals surface area contributed by atoms with Gasteiger partial charge in [0.25, 0.3) is 0 Å². The van der Waals surface area contributed by atoms with Gasteiger partial charge in [-0.1, -0.05) is 12.1 Å². The highest BCUT2D eigenvalue weighted by atomic mass is 19.1. The van der Waals surface area contributed by atoms with E-state index in [-0.39, 0.29) is 6.04 Å². The van der Waals surface area contributed by atoms with Crippen LogP contribution in [0.3, 0.4) is 0 Å². The Bertz CT molecular complexity index is 795. The van der Waals surface area contributed by atoms with E-state index in [9.17, 15) is 4.79 Å². The van der Waals surface area contributed by atoms with Crippen molar-refractivity contribution >= 4 is 24.2 Å². The van der Waals surface area contributed by atoms with E-state index >= 15 is 4.39 Å². The molecule has 5 nitrogen and oxygen atoms in total. The Morgan fingerprint density at radius 1 is 1.26 bits per heavy atom. The molecule has 1 amide bonds. The van der Waals surface area contributed by atoms with Gasteiger partial charge in [-0.05, 0) is 46.6 Å². The van der Waals surface area contributed by atoms with Crippen LogP contribution in [0.25, 0.3) is 0 Å². The monoisotopic (exact) mass is 379 g/mol. The second-order valence-corrected chi connectivity index (χ2v) is 8.38. The molecule has 1 aromatic carbocycles. The molecule has 0 aliphatic carbocycles. The summed E-state index contributed by atoms with van der Waals surface area (Å²) in [5.74, 6) is -0.865. The minimum Gasteiger partial charge on any atom is -0.399 e. The minimum atomic E-state index is -2.47. The summed E-state index contributed by atoms with van der Waals surface area (Å²) in [6, 6.07) is 4.76. The van der Waals surface area contributed by atoms with Crippen molar-refractivity contribution in [3.05, 3.63) is 24.0 Å². The molecule has 0 atom stereocenters. The van der Waals surface area contributed by atoms with Gasteiger partial charge in [0.05, 0.1) is 16.9 Å². The number of rotatable bonds is 3. The first-order valence-electron chi connectivity index (χ1n) is 10.9. The van der Waals surface area contributed by atoms with Crippen molar-refractivity contribution in [2.24, 2.45) is 0 Å². The first kappa shape index (κ1) is 16.4. The summed E-state index contributed by atoms with van der Waals surface area (Å²) in [5, 5.41) is 0. The van der Waals surface area contributed by atoms with Crippen molar-refractivity contribution < 1.29 is 22.6 Å². The maximum Gasteiger partial charge on any atom is 0.497 e. The molecule has 2 heterocycles. The molecule has 3 rings (SSSR count). The predicted octanol–water partition coefficient (Wildman–Crippen LogP) is 2.57. The van der Waals surface area contributed by atoms with E-state index in [1.165, 1.54) is 6.92 Å². The van der Waals surface area contributed by atoms with Crippen LogP contribution >= 0.6 is 0 Å². The molecule has 7 heteroatoms. The van der Waals surface area contributed by atoms with Crippen molar-refractivity contribution in [2.45, 2.75) is 64.7 Å². The summed E-state index contributed by atoms with van der Waals surface area (Å²) in [7, 11) is -0.795. The topological polar surface area (TPSA) is 42.0 Å². The van der Waals surface area contributed by atoms with Gasteiger partial charge in [0.15, 0.2) is 0 Å². The minimum absolute atomic E-state index is 0.348. The maximum absolute atomic E-state index is 15.4. The Hall–Kier alpha value is -1.60. The Morgan fingerprint density at radius 3 is 2.37 bits per heavy atom. The third-order valence-corrected chi connectivity index (χ3v) is 6.02. The number of nitrogens with zero attached hydrogens (tertiary/aromatic N) is 2. The summed E-state index contributed by atoms with van der Waals surface area (Å²) in [5.41, 5.74) is -0.349. The zero-order valence-electron chi connectivity index (χ0n) is 19.7. The number of piperidine rings is 1. The largest absolute Gasteiger partial charge is 0.497 e. The molecule has 0 spiro atoms. The van der Waals surface area contributed by atoms with Crippen LogP contribution in [-0.4, -0.2) is 55.2 Å². The lowest BCUT2D eigenvalue weighted by molar-refractivity contribution is -0.129. The van der Waals surface area contributed by atoms with Gasteiger partial charge >= 0.3 is 7.12 Å². The second-order valence-electron chi connectivity index (χ2n) is 8.38. The van der Waals surface area contributed by atoms with Crippen molar-refractivity contribution in [1.82, 2.24) is 4.90 Å². The van der Waals surface area contributed by atoms with E-state index in [1.807, 2.05) is 32.6 Å². The quantitative estimate of drug-likeness (QED) is 0.758. The average molecular weight is 379 g/mol. The van der Waals surface area contributed by atoms with Gasteiger partial charge in [0.2, 0.25) is 5.91 Å². The highest BCUT2D eigenvalue weighted by Gasteiger charge is 2.52. The number of carbonyl (C=O) groups excluding carboxylic acids is 1. The molecule has 0 N–H and O–H groups in total. The molecule has 27 heavy (non-hydrogen) atoms. The third-order valence-electron chi connectivity index (χ3n) is 6.02. The molecule has 2 saturated heterocycles. The van der Waals surface area contributed by atoms with Crippen LogP contribution in [0.2, 0.25) is 0 Å². The molecular formula is C20H30BFN2O3. The molecule has 0 radical (unpaired) electrons. The van der Waals surface area contributed by atoms with Crippen molar-refractivity contribution in [3.8, 4) is 0 Å². The van der Waals surface area contributed by atoms with Gasteiger partial charge in [-0.25, -0.2) is 4.39 Å². The molecule has 2 aliphatic heterocycles. The fourth-order valence-electron chi connectivity index (χ4n) is 3.56. The van der Waals surface area contributed by atoms with E-state index in [0.717, 1.165) is 4.90 Å². The fraction of sp³-hybridized carbons (Fsp3) is 0.650. The normalized spacial score (nSPS) is 24.3. The highest BCUT2D eigenvalue weighted by molar-refractivity contribution is 6.62. The van der Waals surface area contributed by atoms with E-state index in [1.54, 1.807) is 18.2 Å².